The maximum absolute atomic E-state index is 12.1. The molecule has 20 heavy (non-hydrogen) atoms. The Morgan fingerprint density at radius 3 is 2.85 bits per heavy atom. The van der Waals surface area contributed by atoms with Crippen molar-refractivity contribution in [1.29, 1.82) is 0 Å². The summed E-state index contributed by atoms with van der Waals surface area (Å²) in [6.07, 6.45) is 1.86. The van der Waals surface area contributed by atoms with Crippen LogP contribution in [0.1, 0.15) is 38.2 Å². The third-order valence-corrected chi connectivity index (χ3v) is 3.81. The molecule has 0 aliphatic carbocycles. The number of aliphatic hydroxyl groups excluding tert-OH is 1. The molecule has 0 spiro atoms. The van der Waals surface area contributed by atoms with Crippen LogP contribution in [-0.4, -0.2) is 28.5 Å². The van der Waals surface area contributed by atoms with E-state index in [4.69, 9.17) is 10.8 Å². The fourth-order valence-electron chi connectivity index (χ4n) is 1.81. The zero-order valence-corrected chi connectivity index (χ0v) is 11.4. The molecule has 5 N–H and O–H groups in total. The van der Waals surface area contributed by atoms with Crippen LogP contribution in [0.25, 0.3) is 0 Å². The highest BCUT2D eigenvalue weighted by Crippen LogP contribution is 2.22. The molecular formula is C13H15N3O3S. The van der Waals surface area contributed by atoms with E-state index in [1.807, 2.05) is 17.5 Å². The number of H-pyrrole nitrogens is 1. The molecule has 106 valence electrons. The summed E-state index contributed by atoms with van der Waals surface area (Å²) < 4.78 is 0. The number of primary amides is 1. The minimum Gasteiger partial charge on any atom is -0.396 e. The van der Waals surface area contributed by atoms with E-state index in [1.54, 1.807) is 0 Å². The Hall–Kier alpha value is -2.12. The lowest BCUT2D eigenvalue weighted by Gasteiger charge is -2.15. The predicted octanol–water partition coefficient (Wildman–Crippen LogP) is 1.03. The summed E-state index contributed by atoms with van der Waals surface area (Å²) in [6.45, 7) is -0.0253. The van der Waals surface area contributed by atoms with Crippen molar-refractivity contribution in [2.75, 3.05) is 6.61 Å². The first-order chi connectivity index (χ1) is 9.61. The number of hydrogen-bond donors (Lipinski definition) is 4. The van der Waals surface area contributed by atoms with Crippen LogP contribution in [0.3, 0.4) is 0 Å². The molecule has 7 heteroatoms. The zero-order valence-electron chi connectivity index (χ0n) is 10.6. The molecule has 6 nitrogen and oxygen atoms in total. The molecule has 0 aromatic carbocycles. The summed E-state index contributed by atoms with van der Waals surface area (Å²) in [5, 5.41) is 13.8. The van der Waals surface area contributed by atoms with Crippen molar-refractivity contribution in [1.82, 2.24) is 10.3 Å². The fourth-order valence-corrected chi connectivity index (χ4v) is 2.63. The summed E-state index contributed by atoms with van der Waals surface area (Å²) in [4.78, 5) is 26.7. The molecule has 2 rings (SSSR count). The smallest absolute Gasteiger partial charge is 0.265 e. The number of amides is 2. The van der Waals surface area contributed by atoms with Crippen molar-refractivity contribution in [2.45, 2.75) is 12.5 Å². The van der Waals surface area contributed by atoms with Crippen LogP contribution in [0.15, 0.2) is 29.8 Å². The Bertz CT molecular complexity index is 592. The first-order valence-electron chi connectivity index (χ1n) is 6.05. The molecule has 2 heterocycles. The maximum Gasteiger partial charge on any atom is 0.265 e. The Morgan fingerprint density at radius 2 is 2.30 bits per heavy atom. The third-order valence-electron chi connectivity index (χ3n) is 2.82. The summed E-state index contributed by atoms with van der Waals surface area (Å²) in [5.74, 6) is -0.935. The highest BCUT2D eigenvalue weighted by atomic mass is 32.1. The van der Waals surface area contributed by atoms with Crippen LogP contribution in [0.2, 0.25) is 0 Å². The molecule has 0 aliphatic heterocycles. The molecule has 2 aromatic rings. The minimum absolute atomic E-state index is 0.0253. The van der Waals surface area contributed by atoms with Crippen molar-refractivity contribution in [3.05, 3.63) is 45.9 Å². The average molecular weight is 293 g/mol. The predicted molar refractivity (Wildman–Crippen MR) is 75.5 cm³/mol. The molecule has 0 saturated heterocycles. The van der Waals surface area contributed by atoms with Gasteiger partial charge >= 0.3 is 0 Å². The first kappa shape index (κ1) is 14.3. The third kappa shape index (κ3) is 3.25. The SMILES string of the molecule is NC(=O)c1cc(C(=O)N[C@@H](CCO)c2cccs2)c[nH]1. The number of rotatable bonds is 6. The number of nitrogens with one attached hydrogen (secondary N) is 2. The zero-order chi connectivity index (χ0) is 14.5. The second-order valence-electron chi connectivity index (χ2n) is 4.22. The number of thiophene rings is 1. The molecule has 0 saturated carbocycles. The van der Waals surface area contributed by atoms with E-state index in [0.29, 0.717) is 12.0 Å². The van der Waals surface area contributed by atoms with Gasteiger partial charge in [-0.15, -0.1) is 11.3 Å². The summed E-state index contributed by atoms with van der Waals surface area (Å²) in [6, 6.07) is 4.94. The fraction of sp³-hybridized carbons (Fsp3) is 0.231. The van der Waals surface area contributed by atoms with Crippen LogP contribution in [-0.2, 0) is 0 Å². The van der Waals surface area contributed by atoms with Gasteiger partial charge in [0.05, 0.1) is 11.6 Å². The normalized spacial score (nSPS) is 12.1. The number of carbonyl (C=O) groups excluding carboxylic acids is 2. The quantitative estimate of drug-likeness (QED) is 0.638. The second kappa shape index (κ2) is 6.36. The van der Waals surface area contributed by atoms with E-state index >= 15 is 0 Å². The number of carbonyl (C=O) groups is 2. The molecule has 0 unspecified atom stereocenters. The lowest BCUT2D eigenvalue weighted by atomic mass is 10.1. The Balaban J connectivity index is 2.09. The van der Waals surface area contributed by atoms with Crippen molar-refractivity contribution in [2.24, 2.45) is 5.73 Å². The largest absolute Gasteiger partial charge is 0.396 e. The van der Waals surface area contributed by atoms with E-state index in [1.165, 1.54) is 23.6 Å². The minimum atomic E-state index is -0.616. The van der Waals surface area contributed by atoms with Gasteiger partial charge in [0, 0.05) is 17.7 Å². The van der Waals surface area contributed by atoms with Crippen LogP contribution in [0.5, 0.6) is 0 Å². The number of aliphatic hydroxyl groups is 1. The number of hydrogen-bond acceptors (Lipinski definition) is 4. The van der Waals surface area contributed by atoms with Gasteiger partial charge in [-0.25, -0.2) is 0 Å². The van der Waals surface area contributed by atoms with Crippen LogP contribution < -0.4 is 11.1 Å². The Morgan fingerprint density at radius 1 is 1.50 bits per heavy atom. The number of aromatic nitrogens is 1. The first-order valence-corrected chi connectivity index (χ1v) is 6.93. The Kier molecular flexibility index (Phi) is 4.54. The molecule has 0 fully saturated rings. The average Bonchev–Trinajstić information content (AvgIpc) is 3.09. The van der Waals surface area contributed by atoms with Crippen molar-refractivity contribution in [3.63, 3.8) is 0 Å². The van der Waals surface area contributed by atoms with Gasteiger partial charge in [-0.1, -0.05) is 6.07 Å². The van der Waals surface area contributed by atoms with E-state index in [0.717, 1.165) is 4.88 Å². The van der Waals surface area contributed by atoms with Gasteiger partial charge in [0.1, 0.15) is 5.69 Å². The number of aromatic amines is 1. The summed E-state index contributed by atoms with van der Waals surface area (Å²) >= 11 is 1.51. The topological polar surface area (TPSA) is 108 Å². The van der Waals surface area contributed by atoms with E-state index in [-0.39, 0.29) is 24.2 Å². The van der Waals surface area contributed by atoms with Gasteiger partial charge in [-0.05, 0) is 23.9 Å². The molecule has 0 aliphatic rings. The van der Waals surface area contributed by atoms with Gasteiger partial charge in [-0.3, -0.25) is 9.59 Å². The van der Waals surface area contributed by atoms with Crippen LogP contribution >= 0.6 is 11.3 Å². The molecule has 1 atom stereocenters. The van der Waals surface area contributed by atoms with Gasteiger partial charge in [0.25, 0.3) is 11.8 Å². The van der Waals surface area contributed by atoms with Gasteiger partial charge in [0.2, 0.25) is 0 Å². The monoisotopic (exact) mass is 293 g/mol. The Labute approximate surface area is 119 Å². The van der Waals surface area contributed by atoms with E-state index in [2.05, 4.69) is 10.3 Å². The standard InChI is InChI=1S/C13H15N3O3S/c14-12(18)10-6-8(7-15-10)13(19)16-9(3-4-17)11-2-1-5-20-11/h1-2,5-7,9,15,17H,3-4H2,(H2,14,18)(H,16,19)/t9-/m0/s1. The van der Waals surface area contributed by atoms with Gasteiger partial charge < -0.3 is 21.1 Å². The van der Waals surface area contributed by atoms with Crippen molar-refractivity contribution in [3.8, 4) is 0 Å². The summed E-state index contributed by atoms with van der Waals surface area (Å²) in [5.41, 5.74) is 5.64. The lowest BCUT2D eigenvalue weighted by Crippen LogP contribution is -2.28. The highest BCUT2D eigenvalue weighted by Gasteiger charge is 2.17. The van der Waals surface area contributed by atoms with Gasteiger partial charge in [0.15, 0.2) is 0 Å². The second-order valence-corrected chi connectivity index (χ2v) is 5.20. The molecule has 2 aromatic heterocycles. The highest BCUT2D eigenvalue weighted by molar-refractivity contribution is 7.10. The van der Waals surface area contributed by atoms with E-state index in [9.17, 15) is 9.59 Å². The van der Waals surface area contributed by atoms with E-state index < -0.39 is 5.91 Å². The number of nitrogens with two attached hydrogens (primary N) is 1. The lowest BCUT2D eigenvalue weighted by molar-refractivity contribution is 0.0930. The van der Waals surface area contributed by atoms with Gasteiger partial charge in [-0.2, -0.15) is 0 Å². The molecular weight excluding hydrogens is 278 g/mol. The maximum atomic E-state index is 12.1. The van der Waals surface area contributed by atoms with Crippen molar-refractivity contribution >= 4 is 23.2 Å². The molecule has 0 bridgehead atoms. The molecule has 2 amide bonds. The molecule has 0 radical (unpaired) electrons. The van der Waals surface area contributed by atoms with Crippen LogP contribution in [0.4, 0.5) is 0 Å². The van der Waals surface area contributed by atoms with Crippen LogP contribution in [0, 0.1) is 0 Å². The summed E-state index contributed by atoms with van der Waals surface area (Å²) in [7, 11) is 0. The van der Waals surface area contributed by atoms with Crippen molar-refractivity contribution < 1.29 is 14.7 Å².